The molecule has 2 amide bonds. The number of carbonyl (C=O) groups is 2. The SMILES string of the molecule is COCCNC(=O)c1cc2n(n1)CCCN(Cc1ccc(F)cc1)C2=O. The maximum atomic E-state index is 13.1. The van der Waals surface area contributed by atoms with E-state index in [9.17, 15) is 14.0 Å². The highest BCUT2D eigenvalue weighted by Crippen LogP contribution is 2.17. The highest BCUT2D eigenvalue weighted by molar-refractivity contribution is 5.98. The Morgan fingerprint density at radius 3 is 2.81 bits per heavy atom. The summed E-state index contributed by atoms with van der Waals surface area (Å²) in [6.07, 6.45) is 0.729. The third-order valence-corrected chi connectivity index (χ3v) is 4.20. The normalized spacial score (nSPS) is 14.1. The van der Waals surface area contributed by atoms with E-state index in [1.807, 2.05) is 0 Å². The molecule has 1 N–H and O–H groups in total. The van der Waals surface area contributed by atoms with Gasteiger partial charge >= 0.3 is 0 Å². The standard InChI is InChI=1S/C18H21FN4O3/c1-26-10-7-20-17(24)15-11-16-18(25)22(8-2-9-23(16)21-15)12-13-3-5-14(19)6-4-13/h3-6,11H,2,7-10,12H2,1H3,(H,20,24). The Morgan fingerprint density at radius 2 is 2.08 bits per heavy atom. The highest BCUT2D eigenvalue weighted by atomic mass is 19.1. The monoisotopic (exact) mass is 360 g/mol. The number of aryl methyl sites for hydroxylation is 1. The summed E-state index contributed by atoms with van der Waals surface area (Å²) in [5.74, 6) is -0.825. The predicted octanol–water partition coefficient (Wildman–Crippen LogP) is 1.44. The molecule has 7 nitrogen and oxygen atoms in total. The number of benzene rings is 1. The topological polar surface area (TPSA) is 76.5 Å². The predicted molar refractivity (Wildman–Crippen MR) is 92.2 cm³/mol. The number of amides is 2. The quantitative estimate of drug-likeness (QED) is 0.791. The molecule has 26 heavy (non-hydrogen) atoms. The second kappa shape index (κ2) is 8.09. The maximum Gasteiger partial charge on any atom is 0.272 e. The lowest BCUT2D eigenvalue weighted by Crippen LogP contribution is -2.30. The highest BCUT2D eigenvalue weighted by Gasteiger charge is 2.26. The number of carbonyl (C=O) groups excluding carboxylic acids is 2. The number of nitrogens with zero attached hydrogens (tertiary/aromatic N) is 3. The summed E-state index contributed by atoms with van der Waals surface area (Å²) < 4.78 is 19.5. The van der Waals surface area contributed by atoms with Crippen molar-refractivity contribution < 1.29 is 18.7 Å². The summed E-state index contributed by atoms with van der Waals surface area (Å²) in [7, 11) is 1.55. The number of nitrogens with one attached hydrogen (secondary N) is 1. The molecular formula is C18H21FN4O3. The first-order valence-electron chi connectivity index (χ1n) is 8.47. The molecule has 0 atom stereocenters. The van der Waals surface area contributed by atoms with Crippen LogP contribution in [0.25, 0.3) is 0 Å². The first-order valence-corrected chi connectivity index (χ1v) is 8.47. The average Bonchev–Trinajstić information content (AvgIpc) is 3.00. The van der Waals surface area contributed by atoms with E-state index < -0.39 is 0 Å². The van der Waals surface area contributed by atoms with Gasteiger partial charge in [-0.25, -0.2) is 4.39 Å². The first kappa shape index (κ1) is 18.1. The van der Waals surface area contributed by atoms with Gasteiger partial charge in [-0.2, -0.15) is 5.10 Å². The van der Waals surface area contributed by atoms with E-state index in [-0.39, 0.29) is 23.3 Å². The number of fused-ring (bicyclic) bond motifs is 1. The fraction of sp³-hybridized carbons (Fsp3) is 0.389. The number of halogens is 1. The van der Waals surface area contributed by atoms with Crippen LogP contribution in [-0.4, -0.2) is 53.3 Å². The zero-order chi connectivity index (χ0) is 18.5. The summed E-state index contributed by atoms with van der Waals surface area (Å²) >= 11 is 0. The molecule has 0 radical (unpaired) electrons. The van der Waals surface area contributed by atoms with Crippen molar-refractivity contribution in [1.29, 1.82) is 0 Å². The fourth-order valence-electron chi connectivity index (χ4n) is 2.86. The molecule has 1 aliphatic heterocycles. The van der Waals surface area contributed by atoms with Crippen LogP contribution >= 0.6 is 0 Å². The van der Waals surface area contributed by atoms with Crippen LogP contribution in [-0.2, 0) is 17.8 Å². The van der Waals surface area contributed by atoms with E-state index in [1.54, 1.807) is 28.8 Å². The Hall–Kier alpha value is -2.74. The number of hydrogen-bond acceptors (Lipinski definition) is 4. The van der Waals surface area contributed by atoms with E-state index in [2.05, 4.69) is 10.4 Å². The van der Waals surface area contributed by atoms with Gasteiger partial charge in [0, 0.05) is 39.4 Å². The third kappa shape index (κ3) is 4.08. The van der Waals surface area contributed by atoms with Crippen LogP contribution < -0.4 is 5.32 Å². The first-order chi connectivity index (χ1) is 12.6. The summed E-state index contributed by atoms with van der Waals surface area (Å²) in [6, 6.07) is 7.61. The lowest BCUT2D eigenvalue weighted by Gasteiger charge is -2.20. The van der Waals surface area contributed by atoms with Gasteiger partial charge in [-0.3, -0.25) is 14.3 Å². The minimum atomic E-state index is -0.333. The third-order valence-electron chi connectivity index (χ3n) is 4.20. The van der Waals surface area contributed by atoms with Crippen molar-refractivity contribution in [3.63, 3.8) is 0 Å². The average molecular weight is 360 g/mol. The molecule has 1 aliphatic rings. The number of ether oxygens (including phenoxy) is 1. The molecule has 0 fully saturated rings. The van der Waals surface area contributed by atoms with Crippen LogP contribution in [0.3, 0.4) is 0 Å². The zero-order valence-electron chi connectivity index (χ0n) is 14.6. The molecular weight excluding hydrogens is 339 g/mol. The Kier molecular flexibility index (Phi) is 5.62. The van der Waals surface area contributed by atoms with Crippen molar-refractivity contribution in [3.8, 4) is 0 Å². The Bertz CT molecular complexity index is 788. The van der Waals surface area contributed by atoms with Crippen molar-refractivity contribution in [2.24, 2.45) is 0 Å². The maximum absolute atomic E-state index is 13.1. The molecule has 1 aromatic carbocycles. The summed E-state index contributed by atoms with van der Waals surface area (Å²) in [5.41, 5.74) is 1.46. The van der Waals surface area contributed by atoms with E-state index >= 15 is 0 Å². The molecule has 0 aliphatic carbocycles. The van der Waals surface area contributed by atoms with Crippen molar-refractivity contribution in [2.75, 3.05) is 26.8 Å². The molecule has 0 bridgehead atoms. The van der Waals surface area contributed by atoms with E-state index in [4.69, 9.17) is 4.74 Å². The molecule has 0 spiro atoms. The van der Waals surface area contributed by atoms with E-state index in [0.29, 0.717) is 38.5 Å². The van der Waals surface area contributed by atoms with Crippen LogP contribution in [0.4, 0.5) is 4.39 Å². The minimum absolute atomic E-state index is 0.185. The largest absolute Gasteiger partial charge is 0.383 e. The minimum Gasteiger partial charge on any atom is -0.383 e. The van der Waals surface area contributed by atoms with Crippen molar-refractivity contribution >= 4 is 11.8 Å². The van der Waals surface area contributed by atoms with Crippen molar-refractivity contribution in [1.82, 2.24) is 20.0 Å². The second-order valence-corrected chi connectivity index (χ2v) is 6.09. The van der Waals surface area contributed by atoms with Gasteiger partial charge in [-0.15, -0.1) is 0 Å². The van der Waals surface area contributed by atoms with Gasteiger partial charge in [0.2, 0.25) is 0 Å². The van der Waals surface area contributed by atoms with Crippen LogP contribution in [0.5, 0.6) is 0 Å². The van der Waals surface area contributed by atoms with E-state index in [0.717, 1.165) is 12.0 Å². The van der Waals surface area contributed by atoms with Crippen LogP contribution in [0, 0.1) is 5.82 Å². The van der Waals surface area contributed by atoms with Gasteiger partial charge in [0.15, 0.2) is 5.69 Å². The van der Waals surface area contributed by atoms with Crippen LogP contribution in [0.1, 0.15) is 33.0 Å². The van der Waals surface area contributed by atoms with Gasteiger partial charge in [0.25, 0.3) is 11.8 Å². The molecule has 2 heterocycles. The molecule has 3 rings (SSSR count). The molecule has 2 aromatic rings. The van der Waals surface area contributed by atoms with Crippen LogP contribution in [0.15, 0.2) is 30.3 Å². The molecule has 0 unspecified atom stereocenters. The van der Waals surface area contributed by atoms with Gasteiger partial charge in [0.1, 0.15) is 11.5 Å². The van der Waals surface area contributed by atoms with Crippen LogP contribution in [0.2, 0.25) is 0 Å². The van der Waals surface area contributed by atoms with Gasteiger partial charge in [-0.1, -0.05) is 12.1 Å². The Morgan fingerprint density at radius 1 is 1.31 bits per heavy atom. The molecule has 138 valence electrons. The summed E-state index contributed by atoms with van der Waals surface area (Å²) in [4.78, 5) is 26.7. The summed E-state index contributed by atoms with van der Waals surface area (Å²) in [6.45, 7) is 2.31. The summed E-state index contributed by atoms with van der Waals surface area (Å²) in [5, 5.41) is 6.96. The Labute approximate surface area is 150 Å². The zero-order valence-corrected chi connectivity index (χ0v) is 14.6. The molecule has 8 heteroatoms. The van der Waals surface area contributed by atoms with Crippen molar-refractivity contribution in [2.45, 2.75) is 19.5 Å². The fourth-order valence-corrected chi connectivity index (χ4v) is 2.86. The van der Waals surface area contributed by atoms with E-state index in [1.165, 1.54) is 18.2 Å². The lowest BCUT2D eigenvalue weighted by molar-refractivity contribution is 0.0745. The second-order valence-electron chi connectivity index (χ2n) is 6.09. The molecule has 0 saturated carbocycles. The number of methoxy groups -OCH3 is 1. The van der Waals surface area contributed by atoms with Gasteiger partial charge in [0.05, 0.1) is 6.61 Å². The molecule has 0 saturated heterocycles. The smallest absolute Gasteiger partial charge is 0.272 e. The number of rotatable bonds is 6. The number of aromatic nitrogens is 2. The van der Waals surface area contributed by atoms with Gasteiger partial charge < -0.3 is 15.0 Å². The lowest BCUT2D eigenvalue weighted by atomic mass is 10.2. The van der Waals surface area contributed by atoms with Gasteiger partial charge in [-0.05, 0) is 24.1 Å². The number of hydrogen-bond donors (Lipinski definition) is 1. The molecule has 1 aromatic heterocycles. The Balaban J connectivity index is 1.74. The van der Waals surface area contributed by atoms with Crippen molar-refractivity contribution in [3.05, 3.63) is 53.1 Å².